The summed E-state index contributed by atoms with van der Waals surface area (Å²) in [5.41, 5.74) is -0.880. The minimum atomic E-state index is -1.47. The van der Waals surface area contributed by atoms with E-state index < -0.39 is 21.3 Å². The molecule has 0 fully saturated rings. The van der Waals surface area contributed by atoms with Crippen molar-refractivity contribution in [2.75, 3.05) is 18.2 Å². The van der Waals surface area contributed by atoms with E-state index in [-0.39, 0.29) is 18.1 Å². The van der Waals surface area contributed by atoms with Crippen molar-refractivity contribution in [2.45, 2.75) is 17.5 Å². The molecule has 124 valence electrons. The third kappa shape index (κ3) is 2.11. The van der Waals surface area contributed by atoms with Crippen LogP contribution in [0.5, 0.6) is 0 Å². The first-order valence-corrected chi connectivity index (χ1v) is 8.73. The molecule has 8 nitrogen and oxygen atoms in total. The van der Waals surface area contributed by atoms with Gasteiger partial charge in [0, 0.05) is 25.0 Å². The van der Waals surface area contributed by atoms with E-state index in [1.54, 1.807) is 12.5 Å². The van der Waals surface area contributed by atoms with Gasteiger partial charge in [-0.1, -0.05) is 19.1 Å². The first-order chi connectivity index (χ1) is 11.0. The van der Waals surface area contributed by atoms with Crippen LogP contribution in [-0.4, -0.2) is 49.1 Å². The number of aliphatic hydroxyl groups excluding tert-OH is 1. The van der Waals surface area contributed by atoms with Crippen LogP contribution in [0.2, 0.25) is 0 Å². The maximum Gasteiger partial charge on any atom is 0.274 e. The van der Waals surface area contributed by atoms with Crippen LogP contribution in [0.15, 0.2) is 34.2 Å². The number of H-pyrrole nitrogens is 2. The molecule has 0 amide bonds. The van der Waals surface area contributed by atoms with E-state index in [0.717, 1.165) is 0 Å². The number of aromatic amines is 2. The van der Waals surface area contributed by atoms with Crippen molar-refractivity contribution in [3.63, 3.8) is 0 Å². The van der Waals surface area contributed by atoms with Crippen LogP contribution >= 0.6 is 0 Å². The van der Waals surface area contributed by atoms with E-state index in [4.69, 9.17) is 0 Å². The lowest BCUT2D eigenvalue weighted by Crippen LogP contribution is -2.70. The molecule has 1 aromatic heterocycles. The predicted molar refractivity (Wildman–Crippen MR) is 89.8 cm³/mol. The number of aromatic nitrogens is 2. The Bertz CT molecular complexity index is 780. The topological polar surface area (TPSA) is 122 Å². The van der Waals surface area contributed by atoms with Gasteiger partial charge in [0.1, 0.15) is 16.9 Å². The lowest BCUT2D eigenvalue weighted by molar-refractivity contribution is 0.151. The van der Waals surface area contributed by atoms with Gasteiger partial charge in [-0.2, -0.15) is 0 Å². The fourth-order valence-electron chi connectivity index (χ4n) is 3.03. The van der Waals surface area contributed by atoms with E-state index in [2.05, 4.69) is 25.8 Å². The monoisotopic (exact) mass is 337 g/mol. The minimum Gasteiger partial charge on any atom is -0.396 e. The smallest absolute Gasteiger partial charge is 0.274 e. The number of anilines is 1. The van der Waals surface area contributed by atoms with Gasteiger partial charge in [0.15, 0.2) is 0 Å². The molecule has 4 atom stereocenters. The van der Waals surface area contributed by atoms with Gasteiger partial charge in [0.2, 0.25) is 4.99 Å². The molecule has 3 heterocycles. The maximum absolute atomic E-state index is 12.7. The van der Waals surface area contributed by atoms with Gasteiger partial charge in [0.05, 0.1) is 10.8 Å². The summed E-state index contributed by atoms with van der Waals surface area (Å²) in [5.74, 6) is 0.124. The van der Waals surface area contributed by atoms with Crippen LogP contribution in [0.3, 0.4) is 0 Å². The van der Waals surface area contributed by atoms with E-state index in [1.807, 2.05) is 25.2 Å². The molecule has 0 aromatic carbocycles. The van der Waals surface area contributed by atoms with Crippen molar-refractivity contribution < 1.29 is 9.32 Å². The van der Waals surface area contributed by atoms with Gasteiger partial charge in [-0.05, 0) is 12.3 Å². The molecule has 0 bridgehead atoms. The van der Waals surface area contributed by atoms with Gasteiger partial charge < -0.3 is 15.7 Å². The molecular formula is C14H19N5O3S. The van der Waals surface area contributed by atoms with E-state index in [0.29, 0.717) is 11.4 Å². The Morgan fingerprint density at radius 2 is 2.17 bits per heavy atom. The summed E-state index contributed by atoms with van der Waals surface area (Å²) in [6.45, 7) is 1.72. The summed E-state index contributed by atoms with van der Waals surface area (Å²) < 4.78 is 12.7. The summed E-state index contributed by atoms with van der Waals surface area (Å²) in [6.07, 6.45) is 10.2. The molecule has 9 heteroatoms. The van der Waals surface area contributed by atoms with Crippen molar-refractivity contribution in [2.24, 2.45) is 10.9 Å². The number of nitrogens with one attached hydrogen (secondary N) is 4. The van der Waals surface area contributed by atoms with Gasteiger partial charge >= 0.3 is 0 Å². The van der Waals surface area contributed by atoms with Crippen molar-refractivity contribution in [3.8, 4) is 0 Å². The number of aliphatic hydroxyl groups is 1. The number of aliphatic imine (C=N–C) groups is 1. The zero-order valence-corrected chi connectivity index (χ0v) is 13.6. The number of hydrogen-bond donors (Lipinski definition) is 5. The summed E-state index contributed by atoms with van der Waals surface area (Å²) >= 11 is 0. The molecule has 3 rings (SSSR count). The Hall–Kier alpha value is -2.13. The Morgan fingerprint density at radius 3 is 2.78 bits per heavy atom. The maximum atomic E-state index is 12.7. The zero-order chi connectivity index (χ0) is 16.7. The summed E-state index contributed by atoms with van der Waals surface area (Å²) in [4.78, 5) is 14.9. The predicted octanol–water partition coefficient (Wildman–Crippen LogP) is -0.380. The van der Waals surface area contributed by atoms with Crippen LogP contribution in [0.1, 0.15) is 12.5 Å². The van der Waals surface area contributed by atoms with Crippen molar-refractivity contribution >= 4 is 22.8 Å². The molecule has 0 saturated heterocycles. The van der Waals surface area contributed by atoms with Gasteiger partial charge in [0.25, 0.3) is 5.56 Å². The highest BCUT2D eigenvalue weighted by Gasteiger charge is 2.58. The SMILES string of the molecule is CC(CO)C1(C2(S(C)=O)N=Cc3c([nH][nH]c3=O)N2)C=CC=CN1. The number of fused-ring (bicyclic) bond motifs is 1. The molecule has 0 spiro atoms. The third-order valence-corrected chi connectivity index (χ3v) is 5.78. The van der Waals surface area contributed by atoms with Gasteiger partial charge in [-0.3, -0.25) is 19.2 Å². The van der Waals surface area contributed by atoms with E-state index in [9.17, 15) is 14.1 Å². The normalized spacial score (nSPS) is 31.1. The Labute approximate surface area is 135 Å². The number of dihydropyridines is 1. The number of allylic oxidation sites excluding steroid dienone is 2. The zero-order valence-electron chi connectivity index (χ0n) is 12.8. The summed E-state index contributed by atoms with van der Waals surface area (Å²) in [7, 11) is -1.47. The second-order valence-corrected chi connectivity index (χ2v) is 7.16. The fraction of sp³-hybridized carbons (Fsp3) is 0.429. The second-order valence-electron chi connectivity index (χ2n) is 5.66. The largest absolute Gasteiger partial charge is 0.396 e. The highest BCUT2D eigenvalue weighted by atomic mass is 32.2. The van der Waals surface area contributed by atoms with Crippen LogP contribution in [0.4, 0.5) is 5.82 Å². The fourth-order valence-corrected chi connectivity index (χ4v) is 4.28. The average Bonchev–Trinajstić information content (AvgIpc) is 2.94. The highest BCUT2D eigenvalue weighted by molar-refractivity contribution is 7.86. The van der Waals surface area contributed by atoms with Gasteiger partial charge in [-0.25, -0.2) is 4.99 Å². The average molecular weight is 337 g/mol. The molecule has 2 aliphatic rings. The number of nitrogens with zero attached hydrogens (tertiary/aromatic N) is 1. The second kappa shape index (κ2) is 5.50. The quantitative estimate of drug-likeness (QED) is 0.513. The molecule has 2 aliphatic heterocycles. The summed E-state index contributed by atoms with van der Waals surface area (Å²) in [6, 6.07) is 0. The Kier molecular flexibility index (Phi) is 3.77. The van der Waals surface area contributed by atoms with Crippen LogP contribution < -0.4 is 16.2 Å². The molecule has 0 aliphatic carbocycles. The molecular weight excluding hydrogens is 318 g/mol. The third-order valence-electron chi connectivity index (χ3n) is 4.40. The van der Waals surface area contributed by atoms with Crippen LogP contribution in [0, 0.1) is 5.92 Å². The Balaban J connectivity index is 2.19. The standard InChI is InChI=1S/C14H19N5O3S/c1-9(8-20)13(5-3-4-6-15-13)14(23(2)22)16-7-10-11(17-14)18-19-12(10)21/h3-7,9,15,20H,8H2,1-2H3,(H3,17,18,19,21). The van der Waals surface area contributed by atoms with E-state index >= 15 is 0 Å². The number of hydrogen-bond acceptors (Lipinski definition) is 6. The lowest BCUT2D eigenvalue weighted by atomic mass is 9.80. The first kappa shape index (κ1) is 15.8. The lowest BCUT2D eigenvalue weighted by Gasteiger charge is -2.50. The summed E-state index contributed by atoms with van der Waals surface area (Å²) in [5, 5.41) is 21.3. The van der Waals surface area contributed by atoms with Crippen LogP contribution in [-0.2, 0) is 10.8 Å². The van der Waals surface area contributed by atoms with Crippen LogP contribution in [0.25, 0.3) is 0 Å². The molecule has 5 N–H and O–H groups in total. The molecule has 1 aromatic rings. The molecule has 4 unspecified atom stereocenters. The first-order valence-electron chi connectivity index (χ1n) is 7.17. The minimum absolute atomic E-state index is 0.127. The van der Waals surface area contributed by atoms with Crippen molar-refractivity contribution in [3.05, 3.63) is 40.3 Å². The Morgan fingerprint density at radius 1 is 1.39 bits per heavy atom. The number of rotatable bonds is 4. The van der Waals surface area contributed by atoms with E-state index in [1.165, 1.54) is 6.21 Å². The molecule has 0 radical (unpaired) electrons. The van der Waals surface area contributed by atoms with Gasteiger partial charge in [-0.15, -0.1) is 0 Å². The van der Waals surface area contributed by atoms with Crippen molar-refractivity contribution in [1.82, 2.24) is 15.5 Å². The molecule has 23 heavy (non-hydrogen) atoms. The van der Waals surface area contributed by atoms with Crippen molar-refractivity contribution in [1.29, 1.82) is 0 Å². The molecule has 0 saturated carbocycles. The highest BCUT2D eigenvalue weighted by Crippen LogP contribution is 2.40.